The minimum absolute atomic E-state index is 0.0665. The second kappa shape index (κ2) is 5.97. The van der Waals surface area contributed by atoms with Gasteiger partial charge in [0, 0.05) is 16.4 Å². The van der Waals surface area contributed by atoms with Crippen LogP contribution in [0.5, 0.6) is 0 Å². The number of carboxylic acids is 1. The predicted molar refractivity (Wildman–Crippen MR) is 72.7 cm³/mol. The Labute approximate surface area is 117 Å². The summed E-state index contributed by atoms with van der Waals surface area (Å²) in [4.78, 5) is 19.0. The SMILES string of the molecule is O=C(O)c1cccc(CSc2ccc(Br)cn2)n1. The Balaban J connectivity index is 2.04. The number of halogens is 1. The quantitative estimate of drug-likeness (QED) is 0.875. The van der Waals surface area contributed by atoms with E-state index in [1.807, 2.05) is 12.1 Å². The van der Waals surface area contributed by atoms with Crippen LogP contribution in [0.3, 0.4) is 0 Å². The van der Waals surface area contributed by atoms with Crippen molar-refractivity contribution in [3.63, 3.8) is 0 Å². The van der Waals surface area contributed by atoms with Crippen LogP contribution in [-0.2, 0) is 5.75 Å². The van der Waals surface area contributed by atoms with Gasteiger partial charge in [0.15, 0.2) is 0 Å². The predicted octanol–water partition coefficient (Wildman–Crippen LogP) is 3.23. The molecular formula is C12H9BrN2O2S. The third-order valence-electron chi connectivity index (χ3n) is 2.09. The van der Waals surface area contributed by atoms with Crippen LogP contribution >= 0.6 is 27.7 Å². The number of hydrogen-bond donors (Lipinski definition) is 1. The van der Waals surface area contributed by atoms with Gasteiger partial charge in [-0.25, -0.2) is 14.8 Å². The zero-order valence-corrected chi connectivity index (χ0v) is 11.6. The van der Waals surface area contributed by atoms with Crippen LogP contribution < -0.4 is 0 Å². The smallest absolute Gasteiger partial charge is 0.354 e. The summed E-state index contributed by atoms with van der Waals surface area (Å²) in [7, 11) is 0. The molecule has 0 radical (unpaired) electrons. The average molecular weight is 325 g/mol. The number of nitrogens with zero attached hydrogens (tertiary/aromatic N) is 2. The van der Waals surface area contributed by atoms with Gasteiger partial charge >= 0.3 is 5.97 Å². The first-order chi connectivity index (χ1) is 8.65. The fraction of sp³-hybridized carbons (Fsp3) is 0.0833. The minimum atomic E-state index is -1.01. The van der Waals surface area contributed by atoms with Crippen LogP contribution in [0.15, 0.2) is 46.0 Å². The third kappa shape index (κ3) is 3.54. The maximum absolute atomic E-state index is 10.8. The van der Waals surface area contributed by atoms with Gasteiger partial charge in [-0.05, 0) is 40.2 Å². The standard InChI is InChI=1S/C12H9BrN2O2S/c13-8-4-5-11(14-6-8)18-7-9-2-1-3-10(15-9)12(16)17/h1-6H,7H2,(H,16,17). The van der Waals surface area contributed by atoms with E-state index in [4.69, 9.17) is 5.11 Å². The van der Waals surface area contributed by atoms with Crippen LogP contribution in [0.4, 0.5) is 0 Å². The maximum Gasteiger partial charge on any atom is 0.354 e. The lowest BCUT2D eigenvalue weighted by Crippen LogP contribution is -2.01. The molecule has 2 heterocycles. The number of carbonyl (C=O) groups is 1. The van der Waals surface area contributed by atoms with Crippen LogP contribution in [0.25, 0.3) is 0 Å². The highest BCUT2D eigenvalue weighted by molar-refractivity contribution is 9.10. The number of hydrogen-bond acceptors (Lipinski definition) is 4. The number of aromatic carboxylic acids is 1. The molecule has 2 aromatic rings. The molecule has 0 saturated heterocycles. The monoisotopic (exact) mass is 324 g/mol. The van der Waals surface area contributed by atoms with Crippen LogP contribution in [0.1, 0.15) is 16.2 Å². The fourth-order valence-corrected chi connectivity index (χ4v) is 2.26. The van der Waals surface area contributed by atoms with E-state index in [2.05, 4.69) is 25.9 Å². The minimum Gasteiger partial charge on any atom is -0.477 e. The van der Waals surface area contributed by atoms with Gasteiger partial charge in [-0.1, -0.05) is 6.07 Å². The Kier molecular flexibility index (Phi) is 4.33. The van der Waals surface area contributed by atoms with Gasteiger partial charge in [0.25, 0.3) is 0 Å². The van der Waals surface area contributed by atoms with Gasteiger partial charge < -0.3 is 5.11 Å². The molecule has 6 heteroatoms. The van der Waals surface area contributed by atoms with Gasteiger partial charge in [-0.2, -0.15) is 0 Å². The number of aromatic nitrogens is 2. The highest BCUT2D eigenvalue weighted by atomic mass is 79.9. The highest BCUT2D eigenvalue weighted by Gasteiger charge is 2.05. The van der Waals surface area contributed by atoms with Crippen molar-refractivity contribution in [3.05, 3.63) is 52.4 Å². The number of rotatable bonds is 4. The average Bonchev–Trinajstić information content (AvgIpc) is 2.38. The topological polar surface area (TPSA) is 63.1 Å². The molecule has 0 aliphatic rings. The lowest BCUT2D eigenvalue weighted by molar-refractivity contribution is 0.0690. The summed E-state index contributed by atoms with van der Waals surface area (Å²) < 4.78 is 0.929. The van der Waals surface area contributed by atoms with Gasteiger partial charge in [-0.3, -0.25) is 0 Å². The summed E-state index contributed by atoms with van der Waals surface area (Å²) in [6.45, 7) is 0. The second-order valence-electron chi connectivity index (χ2n) is 3.42. The van der Waals surface area contributed by atoms with Gasteiger partial charge in [-0.15, -0.1) is 11.8 Å². The molecule has 18 heavy (non-hydrogen) atoms. The zero-order chi connectivity index (χ0) is 13.0. The molecule has 4 nitrogen and oxygen atoms in total. The fourth-order valence-electron chi connectivity index (χ4n) is 1.27. The largest absolute Gasteiger partial charge is 0.477 e. The van der Waals surface area contributed by atoms with E-state index < -0.39 is 5.97 Å². The lowest BCUT2D eigenvalue weighted by atomic mass is 10.3. The summed E-state index contributed by atoms with van der Waals surface area (Å²) in [5.74, 6) is -0.418. The molecule has 0 atom stereocenters. The van der Waals surface area contributed by atoms with Gasteiger partial charge in [0.1, 0.15) is 5.69 Å². The third-order valence-corrected chi connectivity index (χ3v) is 3.54. The molecule has 1 N–H and O–H groups in total. The molecule has 0 aliphatic carbocycles. The van der Waals surface area contributed by atoms with Crippen molar-refractivity contribution in [1.29, 1.82) is 0 Å². The highest BCUT2D eigenvalue weighted by Crippen LogP contribution is 2.21. The van der Waals surface area contributed by atoms with E-state index in [0.29, 0.717) is 5.75 Å². The Hall–Kier alpha value is -1.40. The summed E-state index contributed by atoms with van der Waals surface area (Å²) in [6, 6.07) is 8.79. The zero-order valence-electron chi connectivity index (χ0n) is 9.21. The van der Waals surface area contributed by atoms with Crippen molar-refractivity contribution in [2.45, 2.75) is 10.8 Å². The van der Waals surface area contributed by atoms with Crippen LogP contribution in [0.2, 0.25) is 0 Å². The normalized spacial score (nSPS) is 10.3. The first-order valence-corrected chi connectivity index (χ1v) is 6.86. The van der Waals surface area contributed by atoms with E-state index in [1.165, 1.54) is 17.8 Å². The van der Waals surface area contributed by atoms with Crippen molar-refractivity contribution in [2.24, 2.45) is 0 Å². The van der Waals surface area contributed by atoms with Crippen LogP contribution in [-0.4, -0.2) is 21.0 Å². The Morgan fingerprint density at radius 2 is 2.17 bits per heavy atom. The van der Waals surface area contributed by atoms with Crippen LogP contribution in [0, 0.1) is 0 Å². The Morgan fingerprint density at radius 3 is 2.83 bits per heavy atom. The summed E-state index contributed by atoms with van der Waals surface area (Å²) in [6.07, 6.45) is 1.73. The first kappa shape index (κ1) is 13.0. The lowest BCUT2D eigenvalue weighted by Gasteiger charge is -2.02. The van der Waals surface area contributed by atoms with E-state index in [0.717, 1.165) is 15.2 Å². The molecule has 2 aromatic heterocycles. The Morgan fingerprint density at radius 1 is 1.33 bits per heavy atom. The molecule has 92 valence electrons. The molecule has 0 spiro atoms. The van der Waals surface area contributed by atoms with Gasteiger partial charge in [0.2, 0.25) is 0 Å². The molecule has 2 rings (SSSR count). The van der Waals surface area contributed by atoms with E-state index in [-0.39, 0.29) is 5.69 Å². The number of pyridine rings is 2. The maximum atomic E-state index is 10.8. The number of thioether (sulfide) groups is 1. The molecular weight excluding hydrogens is 316 g/mol. The first-order valence-electron chi connectivity index (χ1n) is 5.09. The molecule has 0 unspecified atom stereocenters. The number of carboxylic acid groups (broad SMARTS) is 1. The van der Waals surface area contributed by atoms with Crippen molar-refractivity contribution < 1.29 is 9.90 Å². The molecule has 0 aliphatic heterocycles. The molecule has 0 aromatic carbocycles. The molecule has 0 bridgehead atoms. The van der Waals surface area contributed by atoms with E-state index in [9.17, 15) is 4.79 Å². The van der Waals surface area contributed by atoms with E-state index >= 15 is 0 Å². The molecule has 0 fully saturated rings. The van der Waals surface area contributed by atoms with Crippen molar-refractivity contribution in [2.75, 3.05) is 0 Å². The molecule has 0 saturated carbocycles. The second-order valence-corrected chi connectivity index (χ2v) is 5.33. The van der Waals surface area contributed by atoms with E-state index in [1.54, 1.807) is 18.3 Å². The van der Waals surface area contributed by atoms with Gasteiger partial charge in [0.05, 0.1) is 10.7 Å². The molecule has 0 amide bonds. The van der Waals surface area contributed by atoms with Crippen molar-refractivity contribution in [1.82, 2.24) is 9.97 Å². The summed E-state index contributed by atoms with van der Waals surface area (Å²) in [5, 5.41) is 9.71. The van der Waals surface area contributed by atoms with Crippen molar-refractivity contribution >= 4 is 33.7 Å². The summed E-state index contributed by atoms with van der Waals surface area (Å²) >= 11 is 4.83. The summed E-state index contributed by atoms with van der Waals surface area (Å²) in [5.41, 5.74) is 0.793. The van der Waals surface area contributed by atoms with Crippen molar-refractivity contribution in [3.8, 4) is 0 Å². The Bertz CT molecular complexity index is 560.